The number of rotatable bonds is 6. The molecule has 0 unspecified atom stereocenters. The van der Waals surface area contributed by atoms with Crippen molar-refractivity contribution in [3.8, 4) is 5.75 Å². The third-order valence-corrected chi connectivity index (χ3v) is 6.36. The zero-order valence-corrected chi connectivity index (χ0v) is 19.3. The van der Waals surface area contributed by atoms with Gasteiger partial charge in [-0.3, -0.25) is 9.59 Å². The maximum atomic E-state index is 13.0. The van der Waals surface area contributed by atoms with Crippen LogP contribution in [0, 0.1) is 20.8 Å². The highest BCUT2D eigenvalue weighted by atomic mass is 32.1. The van der Waals surface area contributed by atoms with E-state index in [0.717, 1.165) is 22.5 Å². The van der Waals surface area contributed by atoms with Crippen LogP contribution >= 0.6 is 11.3 Å². The fourth-order valence-corrected chi connectivity index (χ4v) is 4.26. The van der Waals surface area contributed by atoms with Crippen LogP contribution in [-0.4, -0.2) is 32.0 Å². The minimum atomic E-state index is -0.634. The molecule has 7 nitrogen and oxygen atoms in total. The Morgan fingerprint density at radius 2 is 1.59 bits per heavy atom. The number of hydrogen-bond acceptors (Lipinski definition) is 6. The number of amides is 2. The molecule has 3 aromatic rings. The van der Waals surface area contributed by atoms with Crippen LogP contribution in [0.4, 0.5) is 10.7 Å². The van der Waals surface area contributed by atoms with Gasteiger partial charge in [-0.15, -0.1) is 11.3 Å². The van der Waals surface area contributed by atoms with E-state index >= 15 is 0 Å². The molecule has 1 heterocycles. The van der Waals surface area contributed by atoms with E-state index in [0.29, 0.717) is 27.4 Å². The Morgan fingerprint density at radius 3 is 2.28 bits per heavy atom. The van der Waals surface area contributed by atoms with Crippen LogP contribution in [0.3, 0.4) is 0 Å². The van der Waals surface area contributed by atoms with Gasteiger partial charge in [0.25, 0.3) is 11.8 Å². The van der Waals surface area contributed by atoms with Gasteiger partial charge >= 0.3 is 5.97 Å². The SMILES string of the molecule is COC(=O)c1c(NC(=O)c2cccc(OC)c2)sc(C(=O)Nc2cccc(C)c2C)c1C. The van der Waals surface area contributed by atoms with Crippen LogP contribution in [-0.2, 0) is 4.74 Å². The molecule has 2 N–H and O–H groups in total. The highest BCUT2D eigenvalue weighted by Gasteiger charge is 2.27. The monoisotopic (exact) mass is 452 g/mol. The van der Waals surface area contributed by atoms with Crippen molar-refractivity contribution in [1.29, 1.82) is 0 Å². The Labute approximate surface area is 190 Å². The highest BCUT2D eigenvalue weighted by Crippen LogP contribution is 2.35. The summed E-state index contributed by atoms with van der Waals surface area (Å²) in [6.45, 7) is 5.54. The molecule has 32 heavy (non-hydrogen) atoms. The molecule has 0 bridgehead atoms. The van der Waals surface area contributed by atoms with Gasteiger partial charge < -0.3 is 20.1 Å². The van der Waals surface area contributed by atoms with Gasteiger partial charge in [0.15, 0.2) is 0 Å². The van der Waals surface area contributed by atoms with Crippen molar-refractivity contribution >= 4 is 39.8 Å². The first-order valence-electron chi connectivity index (χ1n) is 9.81. The topological polar surface area (TPSA) is 93.7 Å². The lowest BCUT2D eigenvalue weighted by Crippen LogP contribution is -2.14. The first-order chi connectivity index (χ1) is 15.3. The number of methoxy groups -OCH3 is 2. The lowest BCUT2D eigenvalue weighted by Gasteiger charge is -2.10. The van der Waals surface area contributed by atoms with Crippen molar-refractivity contribution in [2.24, 2.45) is 0 Å². The molecule has 0 aliphatic carbocycles. The molecule has 0 radical (unpaired) electrons. The van der Waals surface area contributed by atoms with Crippen molar-refractivity contribution in [1.82, 2.24) is 0 Å². The molecular weight excluding hydrogens is 428 g/mol. The Hall–Kier alpha value is -3.65. The Balaban J connectivity index is 1.95. The summed E-state index contributed by atoms with van der Waals surface area (Å²) >= 11 is 1.02. The molecule has 0 spiro atoms. The predicted octanol–water partition coefficient (Wildman–Crippen LogP) is 4.97. The third-order valence-electron chi connectivity index (χ3n) is 5.15. The van der Waals surface area contributed by atoms with E-state index in [9.17, 15) is 14.4 Å². The Morgan fingerprint density at radius 1 is 0.875 bits per heavy atom. The smallest absolute Gasteiger partial charge is 0.341 e. The average Bonchev–Trinajstić information content (AvgIpc) is 3.12. The summed E-state index contributed by atoms with van der Waals surface area (Å²) < 4.78 is 10.1. The van der Waals surface area contributed by atoms with Crippen molar-refractivity contribution < 1.29 is 23.9 Å². The summed E-state index contributed by atoms with van der Waals surface area (Å²) in [6.07, 6.45) is 0. The molecular formula is C24H24N2O5S. The standard InChI is InChI=1S/C24H24N2O5S/c1-13-8-6-11-18(14(13)2)25-22(28)20-15(3)19(24(29)31-5)23(32-20)26-21(27)16-9-7-10-17(12-16)30-4/h6-12H,1-5H3,(H,25,28)(H,26,27). The third kappa shape index (κ3) is 4.65. The number of anilines is 2. The molecule has 1 aromatic heterocycles. The fourth-order valence-electron chi connectivity index (χ4n) is 3.17. The molecule has 0 aliphatic rings. The quantitative estimate of drug-likeness (QED) is 0.515. The van der Waals surface area contributed by atoms with Gasteiger partial charge in [0.05, 0.1) is 24.7 Å². The molecule has 2 aromatic carbocycles. The fraction of sp³-hybridized carbons (Fsp3) is 0.208. The number of thiophene rings is 1. The summed E-state index contributed by atoms with van der Waals surface area (Å²) in [6, 6.07) is 12.3. The molecule has 0 atom stereocenters. The van der Waals surface area contributed by atoms with Crippen molar-refractivity contribution in [2.45, 2.75) is 20.8 Å². The second-order valence-electron chi connectivity index (χ2n) is 7.14. The van der Waals surface area contributed by atoms with Crippen LogP contribution in [0.5, 0.6) is 5.75 Å². The van der Waals surface area contributed by atoms with Gasteiger partial charge in [0.1, 0.15) is 10.8 Å². The van der Waals surface area contributed by atoms with E-state index in [4.69, 9.17) is 9.47 Å². The number of benzene rings is 2. The summed E-state index contributed by atoms with van der Waals surface area (Å²) in [5.74, 6) is -0.905. The van der Waals surface area contributed by atoms with Gasteiger partial charge in [-0.05, 0) is 61.7 Å². The lowest BCUT2D eigenvalue weighted by molar-refractivity contribution is 0.0601. The maximum absolute atomic E-state index is 13.0. The van der Waals surface area contributed by atoms with E-state index in [-0.39, 0.29) is 16.5 Å². The minimum absolute atomic E-state index is 0.153. The highest BCUT2D eigenvalue weighted by molar-refractivity contribution is 7.19. The van der Waals surface area contributed by atoms with E-state index < -0.39 is 11.9 Å². The van der Waals surface area contributed by atoms with Crippen LogP contribution in [0.1, 0.15) is 47.1 Å². The lowest BCUT2D eigenvalue weighted by atomic mass is 10.1. The number of esters is 1. The normalized spacial score (nSPS) is 10.4. The molecule has 3 rings (SSSR count). The number of ether oxygens (including phenoxy) is 2. The minimum Gasteiger partial charge on any atom is -0.497 e. The van der Waals surface area contributed by atoms with E-state index in [1.807, 2.05) is 32.0 Å². The largest absolute Gasteiger partial charge is 0.497 e. The van der Waals surface area contributed by atoms with Crippen LogP contribution in [0.2, 0.25) is 0 Å². The first kappa shape index (κ1) is 23.0. The van der Waals surface area contributed by atoms with Gasteiger partial charge in [-0.2, -0.15) is 0 Å². The van der Waals surface area contributed by atoms with Crippen molar-refractivity contribution in [3.05, 3.63) is 75.2 Å². The van der Waals surface area contributed by atoms with Gasteiger partial charge in [0, 0.05) is 11.3 Å². The Bertz CT molecular complexity index is 1200. The number of nitrogens with one attached hydrogen (secondary N) is 2. The molecule has 166 valence electrons. The number of aryl methyl sites for hydroxylation is 1. The van der Waals surface area contributed by atoms with Gasteiger partial charge in [0.2, 0.25) is 0 Å². The maximum Gasteiger partial charge on any atom is 0.341 e. The number of hydrogen-bond donors (Lipinski definition) is 2. The van der Waals surface area contributed by atoms with Gasteiger partial charge in [-0.25, -0.2) is 4.79 Å². The molecule has 0 saturated heterocycles. The molecule has 8 heteroatoms. The van der Waals surface area contributed by atoms with E-state index in [1.54, 1.807) is 31.2 Å². The summed E-state index contributed by atoms with van der Waals surface area (Å²) in [5.41, 5.74) is 3.63. The molecule has 0 fully saturated rings. The van der Waals surface area contributed by atoms with Crippen molar-refractivity contribution in [3.63, 3.8) is 0 Å². The number of carbonyl (C=O) groups excluding carboxylic acids is 3. The van der Waals surface area contributed by atoms with E-state index in [2.05, 4.69) is 10.6 Å². The van der Waals surface area contributed by atoms with Gasteiger partial charge in [-0.1, -0.05) is 18.2 Å². The summed E-state index contributed by atoms with van der Waals surface area (Å²) in [5, 5.41) is 5.88. The summed E-state index contributed by atoms with van der Waals surface area (Å²) in [7, 11) is 2.76. The molecule has 0 aliphatic heterocycles. The zero-order valence-electron chi connectivity index (χ0n) is 18.5. The van der Waals surface area contributed by atoms with Crippen molar-refractivity contribution in [2.75, 3.05) is 24.9 Å². The Kier molecular flexibility index (Phi) is 6.95. The summed E-state index contributed by atoms with van der Waals surface area (Å²) in [4.78, 5) is 38.6. The second-order valence-corrected chi connectivity index (χ2v) is 8.16. The number of carbonyl (C=O) groups is 3. The molecule has 2 amide bonds. The van der Waals surface area contributed by atoms with Crippen LogP contribution in [0.25, 0.3) is 0 Å². The van der Waals surface area contributed by atoms with E-state index in [1.165, 1.54) is 14.2 Å². The zero-order chi connectivity index (χ0) is 23.4. The molecule has 0 saturated carbocycles. The average molecular weight is 453 g/mol. The first-order valence-corrected chi connectivity index (χ1v) is 10.6. The predicted molar refractivity (Wildman–Crippen MR) is 125 cm³/mol. The van der Waals surface area contributed by atoms with Crippen LogP contribution in [0.15, 0.2) is 42.5 Å². The second kappa shape index (κ2) is 9.65. The van der Waals surface area contributed by atoms with Crippen LogP contribution < -0.4 is 15.4 Å².